The van der Waals surface area contributed by atoms with Crippen LogP contribution in [0.3, 0.4) is 0 Å². The molecule has 7 nitrogen and oxygen atoms in total. The summed E-state index contributed by atoms with van der Waals surface area (Å²) in [5.41, 5.74) is 4.58. The number of anilines is 2. The average Bonchev–Trinajstić information content (AvgIpc) is 3.39. The number of aryl methyl sites for hydroxylation is 1. The molecule has 38 heavy (non-hydrogen) atoms. The molecule has 2 aromatic heterocycles. The second kappa shape index (κ2) is 11.1. The van der Waals surface area contributed by atoms with Crippen LogP contribution < -0.4 is 10.6 Å². The number of hydrogen-bond acceptors (Lipinski definition) is 6. The van der Waals surface area contributed by atoms with Crippen LogP contribution in [0.2, 0.25) is 10.0 Å². The summed E-state index contributed by atoms with van der Waals surface area (Å²) < 4.78 is 9.56. The maximum atomic E-state index is 9.95. The van der Waals surface area contributed by atoms with Crippen LogP contribution in [0.15, 0.2) is 72.9 Å². The van der Waals surface area contributed by atoms with E-state index in [0.717, 1.165) is 12.0 Å². The van der Waals surface area contributed by atoms with Crippen molar-refractivity contribution in [1.29, 1.82) is 5.26 Å². The molecule has 0 aliphatic heterocycles. The zero-order valence-electron chi connectivity index (χ0n) is 21.8. The van der Waals surface area contributed by atoms with Gasteiger partial charge in [0.1, 0.15) is 11.8 Å². The van der Waals surface area contributed by atoms with Gasteiger partial charge in [-0.25, -0.2) is 0 Å². The third-order valence-corrected chi connectivity index (χ3v) is 6.96. The van der Waals surface area contributed by atoms with Crippen molar-refractivity contribution in [3.05, 3.63) is 111 Å². The molecule has 0 bridgehead atoms. The Labute approximate surface area is 232 Å². The van der Waals surface area contributed by atoms with Gasteiger partial charge >= 0.3 is 0 Å². The summed E-state index contributed by atoms with van der Waals surface area (Å²) in [4.78, 5) is 4.47. The zero-order chi connectivity index (χ0) is 27.6. The van der Waals surface area contributed by atoms with E-state index in [9.17, 15) is 6.63 Å². The van der Waals surface area contributed by atoms with Crippen molar-refractivity contribution >= 4 is 45.5 Å². The highest BCUT2D eigenvalue weighted by Gasteiger charge is 2.23. The van der Waals surface area contributed by atoms with Gasteiger partial charge in [-0.15, -0.1) is 0 Å². The minimum absolute atomic E-state index is 0.0459. The van der Waals surface area contributed by atoms with Gasteiger partial charge in [-0.3, -0.25) is 4.98 Å². The van der Waals surface area contributed by atoms with E-state index in [-0.39, 0.29) is 6.04 Å². The molecule has 5 rings (SSSR count). The molecule has 190 valence electrons. The van der Waals surface area contributed by atoms with Crippen LogP contribution in [-0.2, 0) is 0 Å². The number of halogens is 2. The van der Waals surface area contributed by atoms with Gasteiger partial charge in [-0.05, 0) is 42.7 Å². The van der Waals surface area contributed by atoms with Crippen molar-refractivity contribution in [3.8, 4) is 6.07 Å². The Hall–Kier alpha value is -4.12. The highest BCUT2D eigenvalue weighted by molar-refractivity contribution is 6.36. The fourth-order valence-electron chi connectivity index (χ4n) is 4.44. The van der Waals surface area contributed by atoms with E-state index in [1.807, 2.05) is 30.3 Å². The van der Waals surface area contributed by atoms with Crippen molar-refractivity contribution in [1.82, 2.24) is 20.4 Å². The van der Waals surface area contributed by atoms with Crippen LogP contribution in [0.1, 0.15) is 54.9 Å². The van der Waals surface area contributed by atoms with Crippen LogP contribution in [-0.4, -0.2) is 20.4 Å². The van der Waals surface area contributed by atoms with Gasteiger partial charge in [0.2, 0.25) is 0 Å². The Morgan fingerprint density at radius 3 is 2.47 bits per heavy atom. The van der Waals surface area contributed by atoms with Gasteiger partial charge in [-0.1, -0.05) is 78.7 Å². The molecule has 9 heteroatoms. The average molecular weight is 543 g/mol. The van der Waals surface area contributed by atoms with Crippen molar-refractivity contribution < 1.29 is 1.37 Å². The quantitative estimate of drug-likeness (QED) is 0.186. The van der Waals surface area contributed by atoms with Gasteiger partial charge in [0.25, 0.3) is 0 Å². The summed E-state index contributed by atoms with van der Waals surface area (Å²) >= 11 is 13.3. The summed E-state index contributed by atoms with van der Waals surface area (Å²) in [7, 11) is 0. The predicted molar refractivity (Wildman–Crippen MR) is 153 cm³/mol. The summed E-state index contributed by atoms with van der Waals surface area (Å²) in [5, 5.41) is 29.2. The van der Waals surface area contributed by atoms with Gasteiger partial charge in [0.15, 0.2) is 0 Å². The molecule has 0 radical (unpaired) electrons. The van der Waals surface area contributed by atoms with Gasteiger partial charge in [0.05, 0.1) is 40.9 Å². The number of aromatic amines is 1. The monoisotopic (exact) mass is 542 g/mol. The molecule has 5 aromatic rings. The van der Waals surface area contributed by atoms with E-state index in [0.29, 0.717) is 54.8 Å². The maximum absolute atomic E-state index is 9.95. The summed E-state index contributed by atoms with van der Waals surface area (Å²) in [6.45, 7) is 3.85. The third kappa shape index (κ3) is 5.01. The fraction of sp³-hybridized carbons (Fsp3) is 0.172. The fourth-order valence-corrected chi connectivity index (χ4v) is 4.93. The molecule has 3 aromatic carbocycles. The molecule has 0 amide bonds. The SMILES string of the molecule is [2H][C@](Nc1cc(Cl)c2ncc(C#N)c(N[C@H](CC)c3ccccc3)c2c1)(c1ccccc1Cl)c1n[nH]nc1C. The molecule has 0 spiro atoms. The zero-order valence-corrected chi connectivity index (χ0v) is 22.3. The second-order valence-electron chi connectivity index (χ2n) is 8.77. The largest absolute Gasteiger partial charge is 0.377 e. The van der Waals surface area contributed by atoms with Gasteiger partial charge in [-0.2, -0.15) is 20.7 Å². The van der Waals surface area contributed by atoms with E-state index in [2.05, 4.69) is 56.2 Å². The smallest absolute Gasteiger partial charge is 0.112 e. The summed E-state index contributed by atoms with van der Waals surface area (Å²) in [6, 6.07) is 21.3. The highest BCUT2D eigenvalue weighted by Crippen LogP contribution is 2.38. The lowest BCUT2D eigenvalue weighted by Gasteiger charge is -2.23. The lowest BCUT2D eigenvalue weighted by molar-refractivity contribution is 0.750. The number of pyridine rings is 1. The van der Waals surface area contributed by atoms with E-state index in [1.54, 1.807) is 31.2 Å². The number of H-pyrrole nitrogens is 1. The molecule has 3 N–H and O–H groups in total. The first kappa shape index (κ1) is 24.2. The number of benzene rings is 3. The predicted octanol–water partition coefficient (Wildman–Crippen LogP) is 7.60. The standard InChI is InChI=1S/C29H25Cl2N7/c1-3-25(18-9-5-4-6-10-18)35-27-19(15-32)16-33-28-22(27)13-20(14-24(28)31)34-29(26-17(2)36-38-37-26)21-11-7-8-12-23(21)30/h4-14,16,25,29,34H,3H2,1-2H3,(H,33,35)(H,36,37,38)/t25-,29+/m1/s1/i29D. The number of rotatable bonds is 8. The van der Waals surface area contributed by atoms with Crippen LogP contribution in [0.25, 0.3) is 10.9 Å². The Kier molecular flexibility index (Phi) is 7.07. The van der Waals surface area contributed by atoms with E-state index >= 15 is 0 Å². The maximum Gasteiger partial charge on any atom is 0.112 e. The lowest BCUT2D eigenvalue weighted by Crippen LogP contribution is -2.15. The molecule has 0 saturated heterocycles. The van der Waals surface area contributed by atoms with Crippen molar-refractivity contribution in [2.75, 3.05) is 10.6 Å². The number of hydrogen-bond donors (Lipinski definition) is 3. The van der Waals surface area contributed by atoms with Crippen LogP contribution in [0, 0.1) is 18.3 Å². The van der Waals surface area contributed by atoms with E-state index in [1.165, 1.54) is 6.20 Å². The van der Waals surface area contributed by atoms with Crippen LogP contribution in [0.5, 0.6) is 0 Å². The molecule has 2 heterocycles. The molecular formula is C29H25Cl2N7. The molecular weight excluding hydrogens is 517 g/mol. The topological polar surface area (TPSA) is 102 Å². The summed E-state index contributed by atoms with van der Waals surface area (Å²) in [6.07, 6.45) is 2.32. The van der Waals surface area contributed by atoms with Crippen LogP contribution >= 0.6 is 23.2 Å². The lowest BCUT2D eigenvalue weighted by atomic mass is 10.0. The molecule has 2 atom stereocenters. The third-order valence-electron chi connectivity index (χ3n) is 6.35. The minimum Gasteiger partial charge on any atom is -0.377 e. The molecule has 0 unspecified atom stereocenters. The van der Waals surface area contributed by atoms with Gasteiger partial charge in [0, 0.05) is 22.3 Å². The van der Waals surface area contributed by atoms with Crippen molar-refractivity contribution in [2.45, 2.75) is 32.3 Å². The number of aromatic nitrogens is 4. The Bertz CT molecular complexity index is 1680. The number of nitriles is 1. The Balaban J connectivity index is 1.66. The van der Waals surface area contributed by atoms with Crippen molar-refractivity contribution in [2.24, 2.45) is 0 Å². The van der Waals surface area contributed by atoms with Crippen molar-refractivity contribution in [3.63, 3.8) is 0 Å². The minimum atomic E-state index is -1.60. The number of nitrogens with one attached hydrogen (secondary N) is 3. The number of nitrogens with zero attached hydrogens (tertiary/aromatic N) is 4. The molecule has 0 aliphatic rings. The Morgan fingerprint density at radius 2 is 1.79 bits per heavy atom. The van der Waals surface area contributed by atoms with E-state index in [4.69, 9.17) is 23.2 Å². The first-order chi connectivity index (χ1) is 18.9. The molecule has 0 aliphatic carbocycles. The van der Waals surface area contributed by atoms with Crippen LogP contribution in [0.4, 0.5) is 11.4 Å². The first-order valence-corrected chi connectivity index (χ1v) is 12.9. The first-order valence-electron chi connectivity index (χ1n) is 12.6. The molecule has 0 saturated carbocycles. The normalized spacial score (nSPS) is 13.8. The van der Waals surface area contributed by atoms with Gasteiger partial charge < -0.3 is 10.6 Å². The number of fused-ring (bicyclic) bond motifs is 1. The van der Waals surface area contributed by atoms with E-state index < -0.39 is 6.02 Å². The second-order valence-corrected chi connectivity index (χ2v) is 9.58. The summed E-state index contributed by atoms with van der Waals surface area (Å²) in [5.74, 6) is 0. The molecule has 0 fully saturated rings. The highest BCUT2D eigenvalue weighted by atomic mass is 35.5. The Morgan fingerprint density at radius 1 is 1.03 bits per heavy atom.